The third-order valence-corrected chi connectivity index (χ3v) is 3.47. The van der Waals surface area contributed by atoms with E-state index in [1.54, 1.807) is 7.05 Å². The summed E-state index contributed by atoms with van der Waals surface area (Å²) in [6.45, 7) is 2.78. The van der Waals surface area contributed by atoms with E-state index in [0.717, 1.165) is 32.1 Å². The second-order valence-corrected chi connectivity index (χ2v) is 5.10. The highest BCUT2D eigenvalue weighted by Crippen LogP contribution is 2.24. The van der Waals surface area contributed by atoms with E-state index >= 15 is 0 Å². The van der Waals surface area contributed by atoms with E-state index < -0.39 is 0 Å². The summed E-state index contributed by atoms with van der Waals surface area (Å²) in [6, 6.07) is -0.0487. The molecule has 1 aliphatic rings. The molecule has 2 amide bonds. The van der Waals surface area contributed by atoms with Gasteiger partial charge in [0.15, 0.2) is 0 Å². The molecule has 0 spiro atoms. The monoisotopic (exact) mass is 255 g/mol. The van der Waals surface area contributed by atoms with Crippen molar-refractivity contribution in [2.24, 2.45) is 11.7 Å². The molecular weight excluding hydrogens is 230 g/mol. The molecule has 18 heavy (non-hydrogen) atoms. The Morgan fingerprint density at radius 1 is 1.33 bits per heavy atom. The number of rotatable bonds is 5. The average molecular weight is 255 g/mol. The van der Waals surface area contributed by atoms with Gasteiger partial charge in [0, 0.05) is 19.6 Å². The van der Waals surface area contributed by atoms with Crippen LogP contribution in [0.4, 0.5) is 0 Å². The van der Waals surface area contributed by atoms with Gasteiger partial charge in [0.05, 0.1) is 12.5 Å². The molecule has 0 aromatic rings. The number of nitrogens with one attached hydrogen (secondary N) is 1. The number of carbonyl (C=O) groups excluding carboxylic acids is 2. The summed E-state index contributed by atoms with van der Waals surface area (Å²) < 4.78 is 0. The fourth-order valence-electron chi connectivity index (χ4n) is 2.36. The highest BCUT2D eigenvalue weighted by Gasteiger charge is 2.30. The minimum Gasteiger partial charge on any atom is -0.355 e. The number of hydrogen-bond donors (Lipinski definition) is 2. The predicted molar refractivity (Wildman–Crippen MR) is 70.9 cm³/mol. The van der Waals surface area contributed by atoms with E-state index in [2.05, 4.69) is 5.32 Å². The summed E-state index contributed by atoms with van der Waals surface area (Å²) >= 11 is 0. The van der Waals surface area contributed by atoms with Crippen molar-refractivity contribution in [2.75, 3.05) is 20.1 Å². The van der Waals surface area contributed by atoms with Crippen molar-refractivity contribution in [2.45, 2.75) is 45.1 Å². The first kappa shape index (κ1) is 15.0. The van der Waals surface area contributed by atoms with Crippen LogP contribution in [0.5, 0.6) is 0 Å². The molecule has 1 aliphatic carbocycles. The summed E-state index contributed by atoms with van der Waals surface area (Å²) in [5.74, 6) is -0.200. The highest BCUT2D eigenvalue weighted by molar-refractivity contribution is 5.86. The minimum absolute atomic E-state index is 0.00819. The van der Waals surface area contributed by atoms with Gasteiger partial charge in [-0.3, -0.25) is 9.59 Å². The zero-order chi connectivity index (χ0) is 13.5. The molecule has 3 N–H and O–H groups in total. The van der Waals surface area contributed by atoms with Gasteiger partial charge >= 0.3 is 0 Å². The first-order valence-electron chi connectivity index (χ1n) is 6.83. The van der Waals surface area contributed by atoms with E-state index in [0.29, 0.717) is 6.54 Å². The fraction of sp³-hybridized carbons (Fsp3) is 0.846. The van der Waals surface area contributed by atoms with E-state index in [9.17, 15) is 9.59 Å². The zero-order valence-electron chi connectivity index (χ0n) is 11.4. The molecule has 0 radical (unpaired) electrons. The molecule has 1 rings (SSSR count). The van der Waals surface area contributed by atoms with Crippen LogP contribution in [-0.2, 0) is 9.59 Å². The van der Waals surface area contributed by atoms with Crippen molar-refractivity contribution in [3.63, 3.8) is 0 Å². The maximum absolute atomic E-state index is 12.2. The summed E-state index contributed by atoms with van der Waals surface area (Å²) in [6.07, 6.45) is 4.82. The summed E-state index contributed by atoms with van der Waals surface area (Å²) in [5, 5.41) is 2.77. The molecule has 5 nitrogen and oxygen atoms in total. The van der Waals surface area contributed by atoms with Gasteiger partial charge in [-0.05, 0) is 19.3 Å². The number of nitrogens with zero attached hydrogens (tertiary/aromatic N) is 1. The molecule has 0 heterocycles. The van der Waals surface area contributed by atoms with Gasteiger partial charge in [0.2, 0.25) is 11.8 Å². The van der Waals surface area contributed by atoms with Crippen molar-refractivity contribution in [1.29, 1.82) is 0 Å². The quantitative estimate of drug-likeness (QED) is 0.750. The van der Waals surface area contributed by atoms with Crippen molar-refractivity contribution >= 4 is 11.8 Å². The first-order chi connectivity index (χ1) is 8.56. The molecule has 1 fully saturated rings. The number of likely N-dealkylation sites (N-methyl/N-ethyl adjacent to an activating group) is 1. The minimum atomic E-state index is -0.109. The lowest BCUT2D eigenvalue weighted by atomic mass is 9.84. The van der Waals surface area contributed by atoms with Crippen molar-refractivity contribution in [3.05, 3.63) is 0 Å². The van der Waals surface area contributed by atoms with Crippen LogP contribution in [0.25, 0.3) is 0 Å². The van der Waals surface area contributed by atoms with Crippen LogP contribution >= 0.6 is 0 Å². The molecular formula is C13H25N3O2. The second kappa shape index (κ2) is 7.36. The lowest BCUT2D eigenvalue weighted by Crippen LogP contribution is -2.47. The largest absolute Gasteiger partial charge is 0.355 e. The molecule has 104 valence electrons. The van der Waals surface area contributed by atoms with Crippen molar-refractivity contribution in [3.8, 4) is 0 Å². The number of nitrogens with two attached hydrogens (primary N) is 1. The second-order valence-electron chi connectivity index (χ2n) is 5.10. The normalized spacial score (nSPS) is 23.5. The van der Waals surface area contributed by atoms with Gasteiger partial charge in [-0.1, -0.05) is 19.8 Å². The van der Waals surface area contributed by atoms with Crippen LogP contribution in [0.1, 0.15) is 39.0 Å². The molecule has 5 heteroatoms. The number of hydrogen-bond acceptors (Lipinski definition) is 3. The van der Waals surface area contributed by atoms with Crippen LogP contribution in [0.15, 0.2) is 0 Å². The Balaban J connectivity index is 2.42. The van der Waals surface area contributed by atoms with Crippen LogP contribution in [0.3, 0.4) is 0 Å². The Hall–Kier alpha value is -1.10. The van der Waals surface area contributed by atoms with Crippen molar-refractivity contribution < 1.29 is 9.59 Å². The fourth-order valence-corrected chi connectivity index (χ4v) is 2.36. The van der Waals surface area contributed by atoms with Crippen LogP contribution in [0, 0.1) is 5.92 Å². The Bertz CT molecular complexity index is 294. The third-order valence-electron chi connectivity index (χ3n) is 3.47. The molecule has 0 aromatic carbocycles. The van der Waals surface area contributed by atoms with Crippen LogP contribution in [0.2, 0.25) is 0 Å². The van der Waals surface area contributed by atoms with E-state index in [1.165, 1.54) is 4.90 Å². The molecule has 0 aromatic heterocycles. The number of amides is 2. The SMILES string of the molecule is CCCNC(=O)CN(C)C(=O)C1CCCCC1N. The predicted octanol–water partition coefficient (Wildman–Crippen LogP) is 0.489. The standard InChI is InChI=1S/C13H25N3O2/c1-3-8-15-12(17)9-16(2)13(18)10-6-4-5-7-11(10)14/h10-11H,3-9,14H2,1-2H3,(H,15,17). The Morgan fingerprint density at radius 3 is 2.61 bits per heavy atom. The molecule has 2 unspecified atom stereocenters. The summed E-state index contributed by atoms with van der Waals surface area (Å²) in [5.41, 5.74) is 5.98. The van der Waals surface area contributed by atoms with Gasteiger partial charge in [-0.25, -0.2) is 0 Å². The van der Waals surface area contributed by atoms with E-state index in [4.69, 9.17) is 5.73 Å². The molecule has 2 atom stereocenters. The van der Waals surface area contributed by atoms with Crippen LogP contribution in [-0.4, -0.2) is 42.9 Å². The van der Waals surface area contributed by atoms with Gasteiger partial charge in [0.25, 0.3) is 0 Å². The Morgan fingerprint density at radius 2 is 2.00 bits per heavy atom. The Kier molecular flexibility index (Phi) is 6.12. The molecule has 0 aliphatic heterocycles. The van der Waals surface area contributed by atoms with Crippen LogP contribution < -0.4 is 11.1 Å². The smallest absolute Gasteiger partial charge is 0.239 e. The first-order valence-corrected chi connectivity index (χ1v) is 6.83. The number of carbonyl (C=O) groups is 2. The van der Waals surface area contributed by atoms with Gasteiger partial charge < -0.3 is 16.0 Å². The van der Waals surface area contributed by atoms with E-state index in [-0.39, 0.29) is 30.3 Å². The molecule has 1 saturated carbocycles. The maximum Gasteiger partial charge on any atom is 0.239 e. The van der Waals surface area contributed by atoms with Crippen molar-refractivity contribution in [1.82, 2.24) is 10.2 Å². The molecule has 0 bridgehead atoms. The molecule has 0 saturated heterocycles. The Labute approximate surface area is 109 Å². The highest BCUT2D eigenvalue weighted by atomic mass is 16.2. The van der Waals surface area contributed by atoms with Gasteiger partial charge in [0.1, 0.15) is 0 Å². The lowest BCUT2D eigenvalue weighted by molar-refractivity contribution is -0.139. The third kappa shape index (κ3) is 4.29. The van der Waals surface area contributed by atoms with Gasteiger partial charge in [-0.2, -0.15) is 0 Å². The average Bonchev–Trinajstić information content (AvgIpc) is 2.36. The summed E-state index contributed by atoms with van der Waals surface area (Å²) in [7, 11) is 1.68. The maximum atomic E-state index is 12.2. The van der Waals surface area contributed by atoms with E-state index in [1.807, 2.05) is 6.92 Å². The summed E-state index contributed by atoms with van der Waals surface area (Å²) in [4.78, 5) is 25.2. The topological polar surface area (TPSA) is 75.4 Å². The lowest BCUT2D eigenvalue weighted by Gasteiger charge is -2.30. The zero-order valence-corrected chi connectivity index (χ0v) is 11.4. The van der Waals surface area contributed by atoms with Gasteiger partial charge in [-0.15, -0.1) is 0 Å².